The molecule has 0 aromatic heterocycles. The standard InChI is InChI=1S/C11H18O8/c1-6(13)18-10(8(15)4-12)11(19-7(2)14)9(16)5-17-3/h8,10-12,15H,4-5H2,1-3H3/t8-,10-,11-/m1/s1. The summed E-state index contributed by atoms with van der Waals surface area (Å²) < 4.78 is 14.1. The molecule has 0 unspecified atom stereocenters. The van der Waals surface area contributed by atoms with Gasteiger partial charge < -0.3 is 24.4 Å². The van der Waals surface area contributed by atoms with Crippen molar-refractivity contribution in [3.63, 3.8) is 0 Å². The molecule has 0 aliphatic heterocycles. The molecule has 0 spiro atoms. The van der Waals surface area contributed by atoms with Gasteiger partial charge in [0.15, 0.2) is 6.10 Å². The molecule has 3 atom stereocenters. The Bertz CT molecular complexity index is 327. The lowest BCUT2D eigenvalue weighted by Crippen LogP contribution is -2.49. The fraction of sp³-hybridized carbons (Fsp3) is 0.727. The van der Waals surface area contributed by atoms with Crippen LogP contribution in [0.3, 0.4) is 0 Å². The Kier molecular flexibility index (Phi) is 7.89. The number of ether oxygens (including phenoxy) is 3. The molecule has 0 aliphatic carbocycles. The normalized spacial score (nSPS) is 15.2. The highest BCUT2D eigenvalue weighted by molar-refractivity contribution is 5.87. The van der Waals surface area contributed by atoms with Gasteiger partial charge in [0.05, 0.1) is 6.61 Å². The van der Waals surface area contributed by atoms with Crippen molar-refractivity contribution in [1.29, 1.82) is 0 Å². The van der Waals surface area contributed by atoms with Crippen LogP contribution < -0.4 is 0 Å². The maximum Gasteiger partial charge on any atom is 0.303 e. The van der Waals surface area contributed by atoms with Crippen LogP contribution in [0.15, 0.2) is 0 Å². The van der Waals surface area contributed by atoms with Crippen LogP contribution in [-0.4, -0.2) is 66.6 Å². The van der Waals surface area contributed by atoms with Crippen molar-refractivity contribution in [2.24, 2.45) is 0 Å². The van der Waals surface area contributed by atoms with E-state index in [1.165, 1.54) is 7.11 Å². The topological polar surface area (TPSA) is 119 Å². The Morgan fingerprint density at radius 1 is 1.11 bits per heavy atom. The average molecular weight is 278 g/mol. The smallest absolute Gasteiger partial charge is 0.303 e. The van der Waals surface area contributed by atoms with Gasteiger partial charge in [0.1, 0.15) is 12.7 Å². The lowest BCUT2D eigenvalue weighted by molar-refractivity contribution is -0.181. The molecule has 0 heterocycles. The van der Waals surface area contributed by atoms with Crippen molar-refractivity contribution in [3.8, 4) is 0 Å². The summed E-state index contributed by atoms with van der Waals surface area (Å²) in [5.41, 5.74) is 0. The van der Waals surface area contributed by atoms with Crippen LogP contribution in [0.1, 0.15) is 13.8 Å². The van der Waals surface area contributed by atoms with Crippen molar-refractivity contribution in [2.45, 2.75) is 32.2 Å². The van der Waals surface area contributed by atoms with E-state index in [1.807, 2.05) is 0 Å². The van der Waals surface area contributed by atoms with Crippen LogP contribution in [0.4, 0.5) is 0 Å². The molecule has 110 valence electrons. The zero-order valence-corrected chi connectivity index (χ0v) is 11.0. The predicted octanol–water partition coefficient (Wildman–Crippen LogP) is -1.58. The van der Waals surface area contributed by atoms with Crippen molar-refractivity contribution in [1.82, 2.24) is 0 Å². The molecule has 0 fully saturated rings. The average Bonchev–Trinajstić information content (AvgIpc) is 2.32. The third kappa shape index (κ3) is 6.27. The highest BCUT2D eigenvalue weighted by Gasteiger charge is 2.38. The van der Waals surface area contributed by atoms with Gasteiger partial charge in [-0.2, -0.15) is 0 Å². The first kappa shape index (κ1) is 17.5. The van der Waals surface area contributed by atoms with E-state index in [0.29, 0.717) is 0 Å². The minimum atomic E-state index is -1.56. The SMILES string of the molecule is COCC(=O)[C@@H](OC(C)=O)[C@H](OC(C)=O)[C@H](O)CO. The van der Waals surface area contributed by atoms with Gasteiger partial charge in [-0.05, 0) is 0 Å². The Hall–Kier alpha value is -1.51. The van der Waals surface area contributed by atoms with Crippen LogP contribution >= 0.6 is 0 Å². The van der Waals surface area contributed by atoms with Gasteiger partial charge in [0.25, 0.3) is 0 Å². The zero-order chi connectivity index (χ0) is 15.0. The number of esters is 2. The number of carbonyl (C=O) groups is 3. The number of Topliss-reactive ketones (excluding diaryl/α,β-unsaturated/α-hetero) is 1. The highest BCUT2D eigenvalue weighted by atomic mass is 16.6. The van der Waals surface area contributed by atoms with Crippen LogP contribution in [0, 0.1) is 0 Å². The fourth-order valence-electron chi connectivity index (χ4n) is 1.36. The van der Waals surface area contributed by atoms with E-state index in [0.717, 1.165) is 13.8 Å². The summed E-state index contributed by atoms with van der Waals surface area (Å²) >= 11 is 0. The Balaban J connectivity index is 5.14. The van der Waals surface area contributed by atoms with E-state index < -0.39 is 49.2 Å². The second kappa shape index (κ2) is 8.57. The largest absolute Gasteiger partial charge is 0.455 e. The first-order chi connectivity index (χ1) is 8.83. The predicted molar refractivity (Wildman–Crippen MR) is 61.1 cm³/mol. The molecule has 8 heteroatoms. The van der Waals surface area contributed by atoms with Gasteiger partial charge in [0, 0.05) is 21.0 Å². The lowest BCUT2D eigenvalue weighted by atomic mass is 10.0. The summed E-state index contributed by atoms with van der Waals surface area (Å²) in [7, 11) is 1.26. The zero-order valence-electron chi connectivity index (χ0n) is 11.0. The summed E-state index contributed by atoms with van der Waals surface area (Å²) in [4.78, 5) is 33.6. The van der Waals surface area contributed by atoms with Crippen LogP contribution in [-0.2, 0) is 28.6 Å². The van der Waals surface area contributed by atoms with Gasteiger partial charge in [-0.25, -0.2) is 0 Å². The Morgan fingerprint density at radius 2 is 1.63 bits per heavy atom. The van der Waals surface area contributed by atoms with Gasteiger partial charge in [-0.3, -0.25) is 14.4 Å². The van der Waals surface area contributed by atoms with E-state index in [9.17, 15) is 19.5 Å². The number of aliphatic hydroxyl groups is 2. The molecule has 0 aromatic carbocycles. The highest BCUT2D eigenvalue weighted by Crippen LogP contribution is 2.12. The number of ketones is 1. The third-order valence-electron chi connectivity index (χ3n) is 2.06. The summed E-state index contributed by atoms with van der Waals surface area (Å²) in [5.74, 6) is -2.28. The molecule has 0 aromatic rings. The van der Waals surface area contributed by atoms with E-state index in [-0.39, 0.29) is 0 Å². The number of hydrogen-bond acceptors (Lipinski definition) is 8. The number of aliphatic hydroxyl groups excluding tert-OH is 2. The molecule has 0 rings (SSSR count). The molecule has 0 radical (unpaired) electrons. The van der Waals surface area contributed by atoms with Crippen molar-refractivity contribution in [3.05, 3.63) is 0 Å². The molecule has 0 bridgehead atoms. The summed E-state index contributed by atoms with van der Waals surface area (Å²) in [6, 6.07) is 0. The van der Waals surface area contributed by atoms with Gasteiger partial charge in [0.2, 0.25) is 11.9 Å². The molecule has 0 amide bonds. The Morgan fingerprint density at radius 3 is 2.00 bits per heavy atom. The number of rotatable bonds is 8. The summed E-state index contributed by atoms with van der Waals surface area (Å²) in [5, 5.41) is 18.4. The van der Waals surface area contributed by atoms with E-state index >= 15 is 0 Å². The van der Waals surface area contributed by atoms with Crippen molar-refractivity contribution < 1.29 is 38.8 Å². The molecule has 19 heavy (non-hydrogen) atoms. The molecule has 0 aliphatic rings. The fourth-order valence-corrected chi connectivity index (χ4v) is 1.36. The molecular formula is C11H18O8. The molecule has 8 nitrogen and oxygen atoms in total. The maximum absolute atomic E-state index is 11.7. The molecular weight excluding hydrogens is 260 g/mol. The van der Waals surface area contributed by atoms with Crippen LogP contribution in [0.5, 0.6) is 0 Å². The number of hydrogen-bond donors (Lipinski definition) is 2. The van der Waals surface area contributed by atoms with Gasteiger partial charge >= 0.3 is 11.9 Å². The third-order valence-corrected chi connectivity index (χ3v) is 2.06. The first-order valence-electron chi connectivity index (χ1n) is 5.48. The van der Waals surface area contributed by atoms with E-state index in [2.05, 4.69) is 4.74 Å². The minimum absolute atomic E-state index is 0.395. The monoisotopic (exact) mass is 278 g/mol. The van der Waals surface area contributed by atoms with Crippen LogP contribution in [0.25, 0.3) is 0 Å². The second-order valence-electron chi connectivity index (χ2n) is 3.75. The Labute approximate surface area is 110 Å². The summed E-state index contributed by atoms with van der Waals surface area (Å²) in [6.45, 7) is 0.954. The molecule has 2 N–H and O–H groups in total. The quantitative estimate of drug-likeness (QED) is 0.510. The second-order valence-corrected chi connectivity index (χ2v) is 3.75. The van der Waals surface area contributed by atoms with E-state index in [1.54, 1.807) is 0 Å². The van der Waals surface area contributed by atoms with Gasteiger partial charge in [-0.15, -0.1) is 0 Å². The number of methoxy groups -OCH3 is 1. The minimum Gasteiger partial charge on any atom is -0.455 e. The number of carbonyl (C=O) groups excluding carboxylic acids is 3. The van der Waals surface area contributed by atoms with Crippen molar-refractivity contribution in [2.75, 3.05) is 20.3 Å². The van der Waals surface area contributed by atoms with Crippen molar-refractivity contribution >= 4 is 17.7 Å². The first-order valence-corrected chi connectivity index (χ1v) is 5.48. The van der Waals surface area contributed by atoms with E-state index in [4.69, 9.17) is 14.6 Å². The molecule has 0 saturated heterocycles. The lowest BCUT2D eigenvalue weighted by Gasteiger charge is -2.27. The maximum atomic E-state index is 11.7. The summed E-state index contributed by atoms with van der Waals surface area (Å²) in [6.07, 6.45) is -4.59. The van der Waals surface area contributed by atoms with Gasteiger partial charge in [-0.1, -0.05) is 0 Å². The molecule has 0 saturated carbocycles. The van der Waals surface area contributed by atoms with Crippen LogP contribution in [0.2, 0.25) is 0 Å².